The van der Waals surface area contributed by atoms with Crippen LogP contribution in [0, 0.1) is 0 Å². The highest BCUT2D eigenvalue weighted by molar-refractivity contribution is 7.91. The third-order valence-corrected chi connectivity index (χ3v) is 5.38. The molecule has 1 unspecified atom stereocenters. The zero-order valence-electron chi connectivity index (χ0n) is 11.0. The van der Waals surface area contributed by atoms with Gasteiger partial charge in [0.1, 0.15) is 0 Å². The summed E-state index contributed by atoms with van der Waals surface area (Å²) in [5.41, 5.74) is -0.765. The smallest absolute Gasteiger partial charge is 0.306 e. The van der Waals surface area contributed by atoms with Crippen molar-refractivity contribution in [3.8, 4) is 0 Å². The summed E-state index contributed by atoms with van der Waals surface area (Å²) in [7, 11) is -3.03. The van der Waals surface area contributed by atoms with E-state index in [1.165, 1.54) is 6.07 Å². The largest absolute Gasteiger partial charge is 0.416 e. The fraction of sp³-hybridized carbons (Fsp3) is 0.538. The molecule has 7 heteroatoms. The van der Waals surface area contributed by atoms with Gasteiger partial charge in [-0.15, -0.1) is 0 Å². The number of benzene rings is 1. The Morgan fingerprint density at radius 1 is 1.35 bits per heavy atom. The van der Waals surface area contributed by atoms with Crippen LogP contribution in [-0.2, 0) is 22.6 Å². The van der Waals surface area contributed by atoms with E-state index in [-0.39, 0.29) is 18.1 Å². The van der Waals surface area contributed by atoms with Crippen LogP contribution >= 0.6 is 0 Å². The summed E-state index contributed by atoms with van der Waals surface area (Å²) < 4.78 is 60.7. The molecule has 1 aliphatic rings. The summed E-state index contributed by atoms with van der Waals surface area (Å²) >= 11 is 0. The molecular formula is C13H16F3NO2S. The summed E-state index contributed by atoms with van der Waals surface area (Å²) in [6.45, 7) is 2.00. The van der Waals surface area contributed by atoms with Crippen LogP contribution in [0.2, 0.25) is 0 Å². The normalized spacial score (nSPS) is 25.8. The highest BCUT2D eigenvalue weighted by Crippen LogP contribution is 2.30. The Morgan fingerprint density at radius 3 is 2.60 bits per heavy atom. The summed E-state index contributed by atoms with van der Waals surface area (Å²) in [6.07, 6.45) is -3.88. The number of sulfone groups is 1. The van der Waals surface area contributed by atoms with E-state index in [2.05, 4.69) is 5.32 Å². The lowest BCUT2D eigenvalue weighted by Gasteiger charge is -2.24. The quantitative estimate of drug-likeness (QED) is 0.932. The molecule has 1 aromatic carbocycles. The maximum Gasteiger partial charge on any atom is 0.416 e. The molecule has 3 nitrogen and oxygen atoms in total. The molecule has 1 aliphatic heterocycles. The molecule has 1 heterocycles. The first kappa shape index (κ1) is 15.3. The molecular weight excluding hydrogens is 291 g/mol. The van der Waals surface area contributed by atoms with E-state index in [0.717, 1.165) is 12.1 Å². The molecule has 0 bridgehead atoms. The Kier molecular flexibility index (Phi) is 3.85. The van der Waals surface area contributed by atoms with Crippen molar-refractivity contribution in [2.45, 2.75) is 31.6 Å². The van der Waals surface area contributed by atoms with Gasteiger partial charge in [-0.05, 0) is 25.0 Å². The lowest BCUT2D eigenvalue weighted by molar-refractivity contribution is -0.137. The predicted octanol–water partition coefficient (Wildman–Crippen LogP) is 2.37. The molecule has 1 atom stereocenters. The fourth-order valence-electron chi connectivity index (χ4n) is 2.32. The summed E-state index contributed by atoms with van der Waals surface area (Å²) in [5.74, 6) is 0.151. The van der Waals surface area contributed by atoms with Gasteiger partial charge in [-0.3, -0.25) is 0 Å². The van der Waals surface area contributed by atoms with Crippen LogP contribution in [0.15, 0.2) is 24.3 Å². The topological polar surface area (TPSA) is 46.2 Å². The Balaban J connectivity index is 2.05. The SMILES string of the molecule is CC1(NCc2cccc(C(F)(F)F)c2)CCS(=O)(=O)C1. The Hall–Kier alpha value is -1.08. The minimum absolute atomic E-state index is 0.0267. The molecule has 1 N–H and O–H groups in total. The summed E-state index contributed by atoms with van der Waals surface area (Å²) in [4.78, 5) is 0. The third kappa shape index (κ3) is 3.73. The van der Waals surface area contributed by atoms with Crippen LogP contribution < -0.4 is 5.32 Å². The van der Waals surface area contributed by atoms with Crippen LogP contribution in [0.4, 0.5) is 13.2 Å². The van der Waals surface area contributed by atoms with Crippen molar-refractivity contribution in [2.24, 2.45) is 0 Å². The van der Waals surface area contributed by atoms with Crippen molar-refractivity contribution in [1.29, 1.82) is 0 Å². The zero-order chi connectivity index (χ0) is 15.0. The van der Waals surface area contributed by atoms with Crippen molar-refractivity contribution in [2.75, 3.05) is 11.5 Å². The first-order valence-corrected chi connectivity index (χ1v) is 8.03. The minimum Gasteiger partial charge on any atom is -0.306 e. The van der Waals surface area contributed by atoms with Gasteiger partial charge in [-0.25, -0.2) is 8.42 Å². The molecule has 0 spiro atoms. The van der Waals surface area contributed by atoms with Crippen LogP contribution in [0.5, 0.6) is 0 Å². The van der Waals surface area contributed by atoms with Gasteiger partial charge in [0.25, 0.3) is 0 Å². The Morgan fingerprint density at radius 2 is 2.05 bits per heavy atom. The number of rotatable bonds is 3. The maximum absolute atomic E-state index is 12.6. The molecule has 0 amide bonds. The van der Waals surface area contributed by atoms with E-state index in [1.807, 2.05) is 0 Å². The molecule has 2 rings (SSSR count). The zero-order valence-corrected chi connectivity index (χ0v) is 11.8. The number of hydrogen-bond donors (Lipinski definition) is 1. The second-order valence-electron chi connectivity index (χ2n) is 5.45. The first-order chi connectivity index (χ1) is 9.10. The Labute approximate surface area is 116 Å². The van der Waals surface area contributed by atoms with Crippen molar-refractivity contribution in [3.63, 3.8) is 0 Å². The monoisotopic (exact) mass is 307 g/mol. The molecule has 0 saturated carbocycles. The van der Waals surface area contributed by atoms with Crippen molar-refractivity contribution in [1.82, 2.24) is 5.32 Å². The van der Waals surface area contributed by atoms with Crippen LogP contribution in [0.1, 0.15) is 24.5 Å². The molecule has 0 aromatic heterocycles. The van der Waals surface area contributed by atoms with Crippen LogP contribution in [-0.4, -0.2) is 25.5 Å². The highest BCUT2D eigenvalue weighted by Gasteiger charge is 2.38. The summed E-state index contributed by atoms with van der Waals surface area (Å²) in [6, 6.07) is 5.05. The van der Waals surface area contributed by atoms with Gasteiger partial charge in [0.05, 0.1) is 17.1 Å². The second kappa shape index (κ2) is 5.04. The van der Waals surface area contributed by atoms with Gasteiger partial charge in [0.15, 0.2) is 9.84 Å². The third-order valence-electron chi connectivity index (χ3n) is 3.48. The van der Waals surface area contributed by atoms with Gasteiger partial charge in [0, 0.05) is 12.1 Å². The van der Waals surface area contributed by atoms with Gasteiger partial charge >= 0.3 is 6.18 Å². The van der Waals surface area contributed by atoms with Crippen LogP contribution in [0.25, 0.3) is 0 Å². The Bertz CT molecular complexity index is 598. The molecule has 112 valence electrons. The van der Waals surface area contributed by atoms with Crippen molar-refractivity contribution < 1.29 is 21.6 Å². The maximum atomic E-state index is 12.6. The molecule has 1 aromatic rings. The van der Waals surface area contributed by atoms with E-state index in [4.69, 9.17) is 0 Å². The molecule has 0 aliphatic carbocycles. The second-order valence-corrected chi connectivity index (χ2v) is 7.64. The fourth-order valence-corrected chi connectivity index (χ4v) is 4.45. The van der Waals surface area contributed by atoms with E-state index in [0.29, 0.717) is 12.0 Å². The predicted molar refractivity (Wildman–Crippen MR) is 70.0 cm³/mol. The number of hydrogen-bond acceptors (Lipinski definition) is 3. The highest BCUT2D eigenvalue weighted by atomic mass is 32.2. The molecule has 1 fully saturated rings. The van der Waals surface area contributed by atoms with Gasteiger partial charge < -0.3 is 5.32 Å². The molecule has 20 heavy (non-hydrogen) atoms. The van der Waals surface area contributed by atoms with E-state index < -0.39 is 27.1 Å². The first-order valence-electron chi connectivity index (χ1n) is 6.21. The van der Waals surface area contributed by atoms with Gasteiger partial charge in [0.2, 0.25) is 0 Å². The van der Waals surface area contributed by atoms with E-state index >= 15 is 0 Å². The van der Waals surface area contributed by atoms with E-state index in [9.17, 15) is 21.6 Å². The number of halogens is 3. The molecule has 0 radical (unpaired) electrons. The number of nitrogens with one attached hydrogen (secondary N) is 1. The average molecular weight is 307 g/mol. The van der Waals surface area contributed by atoms with Gasteiger partial charge in [-0.1, -0.05) is 18.2 Å². The average Bonchev–Trinajstić information content (AvgIpc) is 2.61. The van der Waals surface area contributed by atoms with Crippen molar-refractivity contribution in [3.05, 3.63) is 35.4 Å². The molecule has 1 saturated heterocycles. The van der Waals surface area contributed by atoms with Crippen LogP contribution in [0.3, 0.4) is 0 Å². The number of alkyl halides is 3. The lowest BCUT2D eigenvalue weighted by Crippen LogP contribution is -2.42. The summed E-state index contributed by atoms with van der Waals surface area (Å²) in [5, 5.41) is 3.06. The lowest BCUT2D eigenvalue weighted by atomic mass is 10.0. The minimum atomic E-state index is -4.36. The van der Waals surface area contributed by atoms with E-state index in [1.54, 1.807) is 13.0 Å². The standard InChI is InChI=1S/C13H16F3NO2S/c1-12(5-6-20(18,19)9-12)17-8-10-3-2-4-11(7-10)13(14,15)16/h2-4,7,17H,5-6,8-9H2,1H3. The van der Waals surface area contributed by atoms with Gasteiger partial charge in [-0.2, -0.15) is 13.2 Å². The van der Waals surface area contributed by atoms with Crippen molar-refractivity contribution >= 4 is 9.84 Å².